The first-order valence-corrected chi connectivity index (χ1v) is 28.9. The minimum Gasteiger partial charge on any atom is -0.492 e. The van der Waals surface area contributed by atoms with Crippen LogP contribution in [0, 0.1) is 5.92 Å². The highest BCUT2D eigenvalue weighted by molar-refractivity contribution is 8.54. The lowest BCUT2D eigenvalue weighted by atomic mass is 10.0. The molecule has 0 aliphatic carbocycles. The van der Waals surface area contributed by atoms with Gasteiger partial charge in [-0.15, -0.1) is 0 Å². The quantitative estimate of drug-likeness (QED) is 0.0441. The van der Waals surface area contributed by atoms with Gasteiger partial charge in [-0.2, -0.15) is 4.98 Å². The number of benzene rings is 1. The largest absolute Gasteiger partial charge is 0.492 e. The molecule has 5 aromatic rings. The molecule has 412 valence electrons. The number of carbonyl (C=O) groups is 5. The number of aromatic nitrogens is 8. The first kappa shape index (κ1) is 55.4. The number of imide groups is 1. The van der Waals surface area contributed by atoms with Crippen LogP contribution in [0.5, 0.6) is 5.88 Å². The highest BCUT2D eigenvalue weighted by Gasteiger charge is 2.53. The fourth-order valence-corrected chi connectivity index (χ4v) is 13.2. The van der Waals surface area contributed by atoms with Crippen molar-refractivity contribution in [2.45, 2.75) is 114 Å². The Hall–Kier alpha value is -6.33. The van der Waals surface area contributed by atoms with Crippen molar-refractivity contribution in [2.75, 3.05) is 30.8 Å². The summed E-state index contributed by atoms with van der Waals surface area (Å²) in [6.07, 6.45) is -1.63. The number of aromatic hydroxyl groups is 1. The lowest BCUT2D eigenvalue weighted by molar-refractivity contribution is -0.137. The van der Waals surface area contributed by atoms with E-state index in [1.54, 1.807) is 38.1 Å². The number of phosphoric ester groups is 1. The third kappa shape index (κ3) is 12.7. The highest BCUT2D eigenvalue weighted by atomic mass is 32.7. The van der Waals surface area contributed by atoms with Crippen LogP contribution in [0.4, 0.5) is 15.9 Å². The number of nitrogens with zero attached hydrogens (tertiary/aromatic N) is 9. The van der Waals surface area contributed by atoms with E-state index in [1.807, 2.05) is 0 Å². The van der Waals surface area contributed by atoms with Gasteiger partial charge in [-0.25, -0.2) is 38.4 Å². The van der Waals surface area contributed by atoms with E-state index >= 15 is 8.96 Å². The molecule has 9 rings (SSSR count). The van der Waals surface area contributed by atoms with Gasteiger partial charge in [0.15, 0.2) is 35.0 Å². The Morgan fingerprint density at radius 2 is 1.52 bits per heavy atom. The van der Waals surface area contributed by atoms with E-state index in [1.165, 1.54) is 40.9 Å². The van der Waals surface area contributed by atoms with E-state index in [2.05, 4.69) is 45.9 Å². The molecule has 5 amide bonds. The molecule has 4 aromatic heterocycles. The molecule has 8 heterocycles. The van der Waals surface area contributed by atoms with Crippen molar-refractivity contribution in [2.24, 2.45) is 5.92 Å². The first-order valence-electron chi connectivity index (χ1n) is 24.3. The van der Waals surface area contributed by atoms with Gasteiger partial charge < -0.3 is 41.2 Å². The van der Waals surface area contributed by atoms with Gasteiger partial charge in [-0.05, 0) is 54.8 Å². The van der Waals surface area contributed by atoms with Gasteiger partial charge in [0.25, 0.3) is 11.8 Å². The molecule has 1 aromatic carbocycles. The number of rotatable bonds is 17. The average molecular weight is 1130 g/mol. The summed E-state index contributed by atoms with van der Waals surface area (Å²) in [5, 5.41) is 18.4. The monoisotopic (exact) mass is 1130 g/mol. The van der Waals surface area contributed by atoms with Crippen molar-refractivity contribution in [3.8, 4) is 5.88 Å². The number of hydrogen-bond donors (Lipinski definition) is 6. The van der Waals surface area contributed by atoms with Crippen LogP contribution >= 0.6 is 26.0 Å². The van der Waals surface area contributed by atoms with Crippen molar-refractivity contribution < 1.29 is 75.1 Å². The van der Waals surface area contributed by atoms with Crippen LogP contribution in [0.15, 0.2) is 61.7 Å². The van der Waals surface area contributed by atoms with Gasteiger partial charge in [-0.3, -0.25) is 56.1 Å². The van der Waals surface area contributed by atoms with Gasteiger partial charge in [0, 0.05) is 43.0 Å². The lowest BCUT2D eigenvalue weighted by Crippen LogP contribution is -2.53. The van der Waals surface area contributed by atoms with E-state index in [0.717, 1.165) is 28.9 Å². The zero-order valence-corrected chi connectivity index (χ0v) is 44.0. The second-order valence-electron chi connectivity index (χ2n) is 18.7. The Morgan fingerprint density at radius 3 is 2.26 bits per heavy atom. The van der Waals surface area contributed by atoms with Gasteiger partial charge >= 0.3 is 14.6 Å². The Kier molecular flexibility index (Phi) is 16.8. The number of anilines is 2. The average Bonchev–Trinajstić information content (AvgIpc) is 4.24. The van der Waals surface area contributed by atoms with E-state index < -0.39 is 101 Å². The zero-order valence-electron chi connectivity index (χ0n) is 41.4. The molecule has 3 saturated heterocycles. The lowest BCUT2D eigenvalue weighted by Gasteiger charge is -2.28. The number of halogens is 1. The maximum atomic E-state index is 16.6. The Bertz CT molecular complexity index is 3150. The van der Waals surface area contributed by atoms with Crippen LogP contribution in [0.3, 0.4) is 0 Å². The van der Waals surface area contributed by atoms with E-state index in [-0.39, 0.29) is 76.9 Å². The van der Waals surface area contributed by atoms with Crippen LogP contribution in [-0.2, 0) is 66.4 Å². The number of hydrogen-bond acceptors (Lipinski definition) is 22. The first-order chi connectivity index (χ1) is 36.8. The number of fused-ring (bicyclic) bond motifs is 4. The number of nitrogens with one attached hydrogen (secondary N) is 3. The van der Waals surface area contributed by atoms with Gasteiger partial charge in [0.05, 0.1) is 25.9 Å². The third-order valence-corrected chi connectivity index (χ3v) is 17.6. The number of carbonyl (C=O) groups excluding carboxylic acids is 5. The molecule has 0 radical (unpaired) electrons. The summed E-state index contributed by atoms with van der Waals surface area (Å²) in [5.41, 5.74) is 7.33. The minimum atomic E-state index is -5.11. The van der Waals surface area contributed by atoms with Crippen LogP contribution < -0.4 is 21.7 Å². The SMILES string of the molecule is CC(C)[C@H](NC(=O)CCCCCN1C(=O)C=CC1=O)C(=O)N[C@@H](C)C(=O)Nc1ccc(CSP2(=O)OC[C@H]3O[C@@H](n4cnc5c(N)ncnc54)[C@H](F)[C@@H]3OP(=O)(O)OC[C@H]3O[C@@H](n4cnc5c(O)ncnc54)C[C@@H]3O2)cc1. The van der Waals surface area contributed by atoms with Crippen LogP contribution in [0.25, 0.3) is 22.3 Å². The molecule has 77 heavy (non-hydrogen) atoms. The van der Waals surface area contributed by atoms with Gasteiger partial charge in [-0.1, -0.05) is 32.4 Å². The van der Waals surface area contributed by atoms with E-state index in [4.69, 9.17) is 33.3 Å². The van der Waals surface area contributed by atoms with Crippen LogP contribution in [-0.4, -0.2) is 146 Å². The smallest absolute Gasteiger partial charge is 0.472 e. The molecule has 0 saturated carbocycles. The van der Waals surface area contributed by atoms with Crippen LogP contribution in [0.2, 0.25) is 0 Å². The number of amides is 5. The summed E-state index contributed by atoms with van der Waals surface area (Å²) in [4.78, 5) is 99.4. The van der Waals surface area contributed by atoms with E-state index in [0.29, 0.717) is 30.5 Å². The molecule has 28 nitrogen and oxygen atoms in total. The Balaban J connectivity index is 0.847. The van der Waals surface area contributed by atoms with E-state index in [9.17, 15) is 38.5 Å². The third-order valence-electron chi connectivity index (χ3n) is 12.9. The second kappa shape index (κ2) is 23.3. The summed E-state index contributed by atoms with van der Waals surface area (Å²) in [5.74, 6) is -2.97. The molecule has 32 heteroatoms. The number of unbranched alkanes of at least 4 members (excludes halogenated alkanes) is 2. The molecule has 0 bridgehead atoms. The number of nitrogen functional groups attached to an aromatic ring is 1. The van der Waals surface area contributed by atoms with Gasteiger partial charge in [0.1, 0.15) is 60.9 Å². The molecule has 7 N–H and O–H groups in total. The summed E-state index contributed by atoms with van der Waals surface area (Å²) >= 11 is 0.755. The fourth-order valence-electron chi connectivity index (χ4n) is 8.82. The predicted octanol–water partition coefficient (Wildman–Crippen LogP) is 3.51. The Labute approximate surface area is 441 Å². The molecule has 4 aliphatic heterocycles. The predicted molar refractivity (Wildman–Crippen MR) is 268 cm³/mol. The van der Waals surface area contributed by atoms with Crippen molar-refractivity contribution in [1.29, 1.82) is 0 Å². The number of alkyl halides is 1. The van der Waals surface area contributed by atoms with Crippen LogP contribution in [0.1, 0.15) is 70.9 Å². The second-order valence-corrected chi connectivity index (χ2v) is 24.1. The van der Waals surface area contributed by atoms with Crippen molar-refractivity contribution >= 4 is 89.4 Å². The van der Waals surface area contributed by atoms with Gasteiger partial charge in [0.2, 0.25) is 23.6 Å². The summed E-state index contributed by atoms with van der Waals surface area (Å²) in [7, 11) is -5.11. The number of ether oxygens (including phenoxy) is 2. The molecule has 0 spiro atoms. The molecule has 11 atom stereocenters. The molecule has 3 fully saturated rings. The summed E-state index contributed by atoms with van der Waals surface area (Å²) in [6.45, 7) is -0.550. The molecule has 2 unspecified atom stereocenters. The van der Waals surface area contributed by atoms with Crippen molar-refractivity contribution in [3.05, 3.63) is 67.3 Å². The molecule has 4 aliphatic rings. The standard InChI is InChI=1S/C45H54FN13O15P2S/c1-23(2)35(56-30(60)7-5-4-6-14-57-31(61)12-13-32(57)62)44(65)54-24(3)42(63)55-26-10-8-25(9-11-26)18-77-76(68)70-17-29-38(34(46)45(72-29)59-22-52-36-39(47)48-19-49-40(36)59)74-75(66,67)69-16-28-27(73-76)15-33(71-28)58-21-53-37-41(58)50-20-51-43(37)64/h8-13,19-24,27-29,33-35,38,45H,4-7,14-18H2,1-3H3,(H,54,65)(H,55,63)(H,56,60)(H,66,67)(H2,47,48,49)(H,50,51,64)/t24-,27-,28+,29+,33+,34+,35-,38+,45+,76?/m0/s1. The maximum Gasteiger partial charge on any atom is 0.472 e. The topological polar surface area (TPSA) is 368 Å². The fraction of sp³-hybridized carbons (Fsp3) is 0.489. The van der Waals surface area contributed by atoms with Crippen molar-refractivity contribution in [3.63, 3.8) is 0 Å². The highest BCUT2D eigenvalue weighted by Crippen LogP contribution is 2.64. The summed E-state index contributed by atoms with van der Waals surface area (Å²) in [6, 6.07) is 4.47. The Morgan fingerprint density at radius 1 is 0.831 bits per heavy atom. The van der Waals surface area contributed by atoms with Crippen molar-refractivity contribution in [1.82, 2.24) is 54.6 Å². The minimum absolute atomic E-state index is 0.00380. The number of phosphoric acid groups is 1. The zero-order chi connectivity index (χ0) is 54.8. The molecular weight excluding hydrogens is 1080 g/mol. The maximum absolute atomic E-state index is 16.6. The number of imidazole rings is 2. The molecular formula is C45H54FN13O15P2S. The normalized spacial score (nSPS) is 27.5. The summed E-state index contributed by atoms with van der Waals surface area (Å²) < 4.78 is 83.3. The number of nitrogens with two attached hydrogens (primary N) is 1.